The van der Waals surface area contributed by atoms with Gasteiger partial charge in [-0.2, -0.15) is 0 Å². The summed E-state index contributed by atoms with van der Waals surface area (Å²) in [6, 6.07) is 17.4. The summed E-state index contributed by atoms with van der Waals surface area (Å²) in [5.74, 6) is 0.545. The minimum Gasteiger partial charge on any atom is -0.858 e. The maximum absolute atomic E-state index is 14.0. The molecule has 0 radical (unpaired) electrons. The maximum atomic E-state index is 14.0. The number of fused-ring (bicyclic) bond motifs is 2. The minimum absolute atomic E-state index is 0.0592. The lowest BCUT2D eigenvalue weighted by Crippen LogP contribution is -2.48. The number of hydrogen-bond acceptors (Lipinski definition) is 8. The third-order valence-corrected chi connectivity index (χ3v) is 7.95. The van der Waals surface area contributed by atoms with Gasteiger partial charge >= 0.3 is 6.09 Å². The molecule has 1 spiro atoms. The van der Waals surface area contributed by atoms with E-state index in [1.807, 2.05) is 45.0 Å². The van der Waals surface area contributed by atoms with E-state index >= 15 is 0 Å². The first-order valence-electron chi connectivity index (χ1n) is 14.6. The van der Waals surface area contributed by atoms with Gasteiger partial charge in [-0.15, -0.1) is 0 Å². The number of aliphatic imine (C=N–C) groups is 1. The Morgan fingerprint density at radius 2 is 1.84 bits per heavy atom. The Balaban J connectivity index is 1.53. The quantitative estimate of drug-likeness (QED) is 0.204. The standard InChI is InChI=1S/C35H37N3O7/c1-34(2,3)45-33(42)37-16-14-35(15-17-37)29-18-23(20-36-31(40)27-9-7-6-8-25(27)22-39)10-13-28(29)32(41)38(35)21-24-11-12-26(43-4)19-30(24)44-5/h6-14,16,18-19,22H,15,17,20-21H2,1-5H3,(H,36,40)/p-1. The average molecular weight is 611 g/mol. The van der Waals surface area contributed by atoms with Gasteiger partial charge in [0.05, 0.1) is 32.8 Å². The van der Waals surface area contributed by atoms with Crippen LogP contribution in [-0.4, -0.2) is 60.3 Å². The molecule has 2 aliphatic rings. The van der Waals surface area contributed by atoms with Crippen LogP contribution in [0.4, 0.5) is 4.79 Å². The van der Waals surface area contributed by atoms with E-state index in [0.29, 0.717) is 36.3 Å². The normalized spacial score (nSPS) is 17.8. The summed E-state index contributed by atoms with van der Waals surface area (Å²) in [5, 5.41) is 12.9. The van der Waals surface area contributed by atoms with Gasteiger partial charge in [0.25, 0.3) is 5.91 Å². The molecular weight excluding hydrogens is 574 g/mol. The van der Waals surface area contributed by atoms with E-state index in [-0.39, 0.29) is 30.1 Å². The first-order valence-corrected chi connectivity index (χ1v) is 14.6. The summed E-state index contributed by atoms with van der Waals surface area (Å²) in [7, 11) is 3.14. The molecule has 1 unspecified atom stereocenters. The number of rotatable bonds is 8. The van der Waals surface area contributed by atoms with E-state index in [1.54, 1.807) is 67.8 Å². The highest BCUT2D eigenvalue weighted by atomic mass is 16.6. The molecule has 10 nitrogen and oxygen atoms in total. The SMILES string of the molecule is COc1ccc(CN2C(=O)c3ccc(CN=C([O-])c4ccccc4C=O)cc3C23C=CN(C(=O)OC(C)(C)C)CC3)c(OC)c1. The van der Waals surface area contributed by atoms with Gasteiger partial charge in [-0.05, 0) is 74.1 Å². The number of nitrogens with zero attached hydrogens (tertiary/aromatic N) is 3. The van der Waals surface area contributed by atoms with Crippen molar-refractivity contribution in [1.82, 2.24) is 9.80 Å². The molecule has 0 saturated heterocycles. The third kappa shape index (κ3) is 6.26. The molecule has 234 valence electrons. The number of methoxy groups -OCH3 is 2. The maximum Gasteiger partial charge on any atom is 0.414 e. The second-order valence-corrected chi connectivity index (χ2v) is 11.9. The van der Waals surface area contributed by atoms with Crippen molar-refractivity contribution in [1.29, 1.82) is 0 Å². The van der Waals surface area contributed by atoms with Crippen LogP contribution in [-0.2, 0) is 23.4 Å². The Morgan fingerprint density at radius 3 is 2.51 bits per heavy atom. The molecule has 3 aromatic rings. The van der Waals surface area contributed by atoms with E-state index < -0.39 is 23.1 Å². The molecule has 2 amide bonds. The summed E-state index contributed by atoms with van der Waals surface area (Å²) in [4.78, 5) is 45.9. The summed E-state index contributed by atoms with van der Waals surface area (Å²) < 4.78 is 16.6. The number of ether oxygens (including phenoxy) is 3. The second kappa shape index (κ2) is 12.5. The molecule has 3 aromatic carbocycles. The number of carbonyl (C=O) groups excluding carboxylic acids is 3. The summed E-state index contributed by atoms with van der Waals surface area (Å²) in [5.41, 5.74) is 1.76. The molecule has 10 heteroatoms. The third-order valence-electron chi connectivity index (χ3n) is 7.95. The predicted molar refractivity (Wildman–Crippen MR) is 166 cm³/mol. The van der Waals surface area contributed by atoms with Crippen molar-refractivity contribution < 1.29 is 33.7 Å². The van der Waals surface area contributed by atoms with Gasteiger partial charge in [-0.1, -0.05) is 36.4 Å². The van der Waals surface area contributed by atoms with E-state index in [0.717, 1.165) is 16.7 Å². The van der Waals surface area contributed by atoms with Crippen molar-refractivity contribution in [3.8, 4) is 11.5 Å². The van der Waals surface area contributed by atoms with Gasteiger partial charge in [0.15, 0.2) is 6.29 Å². The van der Waals surface area contributed by atoms with Crippen molar-refractivity contribution >= 4 is 24.2 Å². The molecule has 0 aliphatic carbocycles. The molecule has 5 rings (SSSR count). The van der Waals surface area contributed by atoms with Crippen molar-refractivity contribution in [2.45, 2.75) is 51.4 Å². The number of hydrogen-bond donors (Lipinski definition) is 0. The molecule has 1 atom stereocenters. The Bertz CT molecular complexity index is 1690. The second-order valence-electron chi connectivity index (χ2n) is 11.9. The predicted octanol–water partition coefficient (Wildman–Crippen LogP) is 4.83. The van der Waals surface area contributed by atoms with Crippen LogP contribution < -0.4 is 14.6 Å². The van der Waals surface area contributed by atoms with Crippen LogP contribution in [0, 0.1) is 0 Å². The average Bonchev–Trinajstić information content (AvgIpc) is 3.25. The largest absolute Gasteiger partial charge is 0.858 e. The Kier molecular flexibility index (Phi) is 8.68. The van der Waals surface area contributed by atoms with Crippen LogP contribution in [0.3, 0.4) is 0 Å². The van der Waals surface area contributed by atoms with E-state index in [1.165, 1.54) is 4.90 Å². The molecule has 0 aromatic heterocycles. The van der Waals surface area contributed by atoms with Crippen LogP contribution in [0.1, 0.15) is 70.2 Å². The molecule has 0 saturated carbocycles. The molecule has 2 heterocycles. The van der Waals surface area contributed by atoms with Gasteiger partial charge < -0.3 is 24.2 Å². The van der Waals surface area contributed by atoms with Crippen molar-refractivity contribution in [2.24, 2.45) is 4.99 Å². The number of benzene rings is 3. The monoisotopic (exact) mass is 610 g/mol. The van der Waals surface area contributed by atoms with Gasteiger partial charge in [0.1, 0.15) is 17.1 Å². The van der Waals surface area contributed by atoms with Gasteiger partial charge in [-0.25, -0.2) is 4.79 Å². The van der Waals surface area contributed by atoms with Crippen LogP contribution in [0.2, 0.25) is 0 Å². The Labute approximate surface area is 262 Å². The lowest BCUT2D eigenvalue weighted by atomic mass is 9.83. The number of aldehydes is 1. The first-order chi connectivity index (χ1) is 21.5. The molecule has 0 N–H and O–H groups in total. The molecule has 0 fully saturated rings. The van der Waals surface area contributed by atoms with Crippen molar-refractivity contribution in [3.05, 3.63) is 106 Å². The molecular formula is C35H36N3O7-. The van der Waals surface area contributed by atoms with Crippen molar-refractivity contribution in [3.63, 3.8) is 0 Å². The molecule has 45 heavy (non-hydrogen) atoms. The van der Waals surface area contributed by atoms with Crippen LogP contribution in [0.25, 0.3) is 0 Å². The summed E-state index contributed by atoms with van der Waals surface area (Å²) >= 11 is 0. The fourth-order valence-electron chi connectivity index (χ4n) is 5.70. The topological polar surface area (TPSA) is 121 Å². The molecule has 0 bridgehead atoms. The fourth-order valence-corrected chi connectivity index (χ4v) is 5.70. The smallest absolute Gasteiger partial charge is 0.414 e. The van der Waals surface area contributed by atoms with Crippen molar-refractivity contribution in [2.75, 3.05) is 20.8 Å². The van der Waals surface area contributed by atoms with Gasteiger partial charge in [0, 0.05) is 35.5 Å². The van der Waals surface area contributed by atoms with Crippen LogP contribution >= 0.6 is 0 Å². The summed E-state index contributed by atoms with van der Waals surface area (Å²) in [6.07, 6.45) is 4.12. The highest BCUT2D eigenvalue weighted by molar-refractivity contribution is 6.01. The first kappa shape index (κ1) is 31.3. The zero-order chi connectivity index (χ0) is 32.4. The molecule has 2 aliphatic heterocycles. The highest BCUT2D eigenvalue weighted by Gasteiger charge is 2.50. The Hall–Kier alpha value is -5.12. The van der Waals surface area contributed by atoms with Crippen LogP contribution in [0.5, 0.6) is 11.5 Å². The van der Waals surface area contributed by atoms with Gasteiger partial charge in [-0.3, -0.25) is 19.5 Å². The van der Waals surface area contributed by atoms with Gasteiger partial charge in [0.2, 0.25) is 0 Å². The Morgan fingerprint density at radius 1 is 1.07 bits per heavy atom. The zero-order valence-electron chi connectivity index (χ0n) is 26.0. The van der Waals surface area contributed by atoms with E-state index in [4.69, 9.17) is 14.2 Å². The number of carbonyl (C=O) groups is 3. The highest BCUT2D eigenvalue weighted by Crippen LogP contribution is 2.47. The summed E-state index contributed by atoms with van der Waals surface area (Å²) in [6.45, 7) is 6.03. The lowest BCUT2D eigenvalue weighted by molar-refractivity contribution is -0.213. The fraction of sp³-hybridized carbons (Fsp3) is 0.314. The van der Waals surface area contributed by atoms with E-state index in [9.17, 15) is 19.5 Å². The lowest BCUT2D eigenvalue weighted by Gasteiger charge is -2.41. The minimum atomic E-state index is -0.889. The van der Waals surface area contributed by atoms with E-state index in [2.05, 4.69) is 4.99 Å². The zero-order valence-corrected chi connectivity index (χ0v) is 26.0. The van der Waals surface area contributed by atoms with Crippen LogP contribution in [0.15, 0.2) is 77.9 Å². The number of amides is 2.